The molecule has 0 saturated heterocycles. The zero-order valence-electron chi connectivity index (χ0n) is 20.4. The molecule has 1 atom stereocenters. The van der Waals surface area contributed by atoms with Crippen LogP contribution in [0.4, 0.5) is 10.2 Å². The van der Waals surface area contributed by atoms with Gasteiger partial charge in [-0.2, -0.15) is 5.10 Å². The lowest BCUT2D eigenvalue weighted by atomic mass is 10.2. The molecule has 10 heteroatoms. The van der Waals surface area contributed by atoms with Crippen molar-refractivity contribution in [3.63, 3.8) is 0 Å². The Morgan fingerprint density at radius 1 is 1.06 bits per heavy atom. The molecule has 4 rings (SSSR count). The molecular formula is C25H28FN7OS. The van der Waals surface area contributed by atoms with E-state index >= 15 is 0 Å². The minimum absolute atomic E-state index is 0.0393. The molecule has 0 spiro atoms. The van der Waals surface area contributed by atoms with Crippen LogP contribution in [0.15, 0.2) is 59.8 Å². The Morgan fingerprint density at radius 2 is 1.71 bits per heavy atom. The van der Waals surface area contributed by atoms with Gasteiger partial charge in [0, 0.05) is 11.8 Å². The van der Waals surface area contributed by atoms with Crippen molar-refractivity contribution in [1.29, 1.82) is 0 Å². The second kappa shape index (κ2) is 10.4. The highest BCUT2D eigenvalue weighted by atomic mass is 32.2. The third-order valence-corrected chi connectivity index (χ3v) is 6.53. The first-order chi connectivity index (χ1) is 16.7. The maximum atomic E-state index is 13.5. The second-order valence-electron chi connectivity index (χ2n) is 8.55. The van der Waals surface area contributed by atoms with Gasteiger partial charge in [0.25, 0.3) is 0 Å². The number of thioether (sulfide) groups is 1. The van der Waals surface area contributed by atoms with Crippen molar-refractivity contribution in [3.8, 4) is 11.4 Å². The first kappa shape index (κ1) is 24.6. The maximum absolute atomic E-state index is 13.5. The molecule has 182 valence electrons. The lowest BCUT2D eigenvalue weighted by Crippen LogP contribution is -2.21. The summed E-state index contributed by atoms with van der Waals surface area (Å²) < 4.78 is 17.1. The van der Waals surface area contributed by atoms with Crippen LogP contribution in [0.5, 0.6) is 0 Å². The van der Waals surface area contributed by atoms with Crippen LogP contribution < -0.4 is 5.32 Å². The molecule has 1 N–H and O–H groups in total. The largest absolute Gasteiger partial charge is 0.310 e. The Bertz CT molecular complexity index is 1310. The van der Waals surface area contributed by atoms with Gasteiger partial charge in [-0.05, 0) is 71.3 Å². The Morgan fingerprint density at radius 3 is 2.37 bits per heavy atom. The van der Waals surface area contributed by atoms with E-state index in [1.807, 2.05) is 74.7 Å². The van der Waals surface area contributed by atoms with E-state index in [-0.39, 0.29) is 23.5 Å². The van der Waals surface area contributed by atoms with Gasteiger partial charge < -0.3 is 5.32 Å². The topological polar surface area (TPSA) is 80.9 Å². The Hall–Kier alpha value is -3.50. The first-order valence-electron chi connectivity index (χ1n) is 11.2. The quantitative estimate of drug-likeness (QED) is 0.363. The monoisotopic (exact) mass is 493 g/mol. The van der Waals surface area contributed by atoms with Crippen molar-refractivity contribution in [1.82, 2.24) is 29.4 Å². The first-order valence-corrected chi connectivity index (χ1v) is 12.2. The van der Waals surface area contributed by atoms with Crippen LogP contribution in [0.1, 0.15) is 30.0 Å². The molecule has 8 nitrogen and oxygen atoms in total. The van der Waals surface area contributed by atoms with E-state index in [4.69, 9.17) is 0 Å². The molecule has 0 fully saturated rings. The van der Waals surface area contributed by atoms with Gasteiger partial charge in [-0.3, -0.25) is 14.3 Å². The highest BCUT2D eigenvalue weighted by Crippen LogP contribution is 2.27. The summed E-state index contributed by atoms with van der Waals surface area (Å²) in [7, 11) is 3.90. The molecule has 0 aliphatic rings. The van der Waals surface area contributed by atoms with Gasteiger partial charge >= 0.3 is 0 Å². The van der Waals surface area contributed by atoms with Crippen molar-refractivity contribution >= 4 is 23.5 Å². The molecule has 1 unspecified atom stereocenters. The van der Waals surface area contributed by atoms with Crippen LogP contribution in [-0.2, 0) is 4.79 Å². The number of nitrogens with zero attached hydrogens (tertiary/aromatic N) is 6. The highest BCUT2D eigenvalue weighted by molar-refractivity contribution is 7.99. The normalized spacial score (nSPS) is 12.2. The minimum atomic E-state index is -0.321. The fourth-order valence-corrected chi connectivity index (χ4v) is 4.25. The maximum Gasteiger partial charge on any atom is 0.236 e. The van der Waals surface area contributed by atoms with Crippen LogP contribution in [0.3, 0.4) is 0 Å². The summed E-state index contributed by atoms with van der Waals surface area (Å²) in [6.07, 6.45) is 0. The molecule has 0 bridgehead atoms. The Balaban J connectivity index is 1.54. The SMILES string of the molecule is Cc1ccc(-n2nc(C)cc2NC(=O)CSc2nnc(C(C)N(C)C)n2-c2ccc(F)cc2)cc1. The summed E-state index contributed by atoms with van der Waals surface area (Å²) in [4.78, 5) is 14.9. The van der Waals surface area contributed by atoms with Gasteiger partial charge in [-0.25, -0.2) is 9.07 Å². The van der Waals surface area contributed by atoms with Gasteiger partial charge in [0.2, 0.25) is 5.91 Å². The molecule has 0 saturated carbocycles. The number of benzene rings is 2. The summed E-state index contributed by atoms with van der Waals surface area (Å²) >= 11 is 1.27. The number of anilines is 1. The molecular weight excluding hydrogens is 465 g/mol. The van der Waals surface area contributed by atoms with Crippen molar-refractivity contribution in [2.24, 2.45) is 0 Å². The smallest absolute Gasteiger partial charge is 0.236 e. The van der Waals surface area contributed by atoms with E-state index in [9.17, 15) is 9.18 Å². The van der Waals surface area contributed by atoms with Crippen molar-refractivity contribution in [3.05, 3.63) is 77.5 Å². The summed E-state index contributed by atoms with van der Waals surface area (Å²) in [6, 6.07) is 15.9. The number of hydrogen-bond donors (Lipinski definition) is 1. The zero-order chi connectivity index (χ0) is 25.1. The number of carbonyl (C=O) groups excluding carboxylic acids is 1. The standard InChI is InChI=1S/C25H28FN7OS/c1-16-6-10-21(11-7-16)33-22(14-17(2)30-33)27-23(34)15-35-25-29-28-24(18(3)31(4)5)32(25)20-12-8-19(26)9-13-20/h6-14,18H,15H2,1-5H3,(H,27,34). The van der Waals surface area contributed by atoms with Gasteiger partial charge in [-0.1, -0.05) is 29.5 Å². The molecule has 0 aliphatic carbocycles. The van der Waals surface area contributed by atoms with E-state index in [1.54, 1.807) is 16.8 Å². The number of aryl methyl sites for hydroxylation is 2. The predicted octanol–water partition coefficient (Wildman–Crippen LogP) is 4.56. The van der Waals surface area contributed by atoms with E-state index < -0.39 is 0 Å². The number of carbonyl (C=O) groups is 1. The van der Waals surface area contributed by atoms with Crippen LogP contribution >= 0.6 is 11.8 Å². The summed E-state index contributed by atoms with van der Waals surface area (Å²) in [5.41, 5.74) is 3.54. The van der Waals surface area contributed by atoms with Gasteiger partial charge in [-0.15, -0.1) is 10.2 Å². The van der Waals surface area contributed by atoms with E-state index in [0.717, 1.165) is 22.6 Å². The third-order valence-electron chi connectivity index (χ3n) is 5.60. The molecule has 0 radical (unpaired) electrons. The van der Waals surface area contributed by atoms with Crippen LogP contribution in [0.2, 0.25) is 0 Å². The van der Waals surface area contributed by atoms with Gasteiger partial charge in [0.15, 0.2) is 11.0 Å². The highest BCUT2D eigenvalue weighted by Gasteiger charge is 2.22. The molecule has 2 heterocycles. The third kappa shape index (κ3) is 5.60. The number of aromatic nitrogens is 5. The van der Waals surface area contributed by atoms with Gasteiger partial charge in [0.1, 0.15) is 11.6 Å². The lowest BCUT2D eigenvalue weighted by molar-refractivity contribution is -0.113. The second-order valence-corrected chi connectivity index (χ2v) is 9.49. The number of halogens is 1. The minimum Gasteiger partial charge on any atom is -0.310 e. The predicted molar refractivity (Wildman–Crippen MR) is 136 cm³/mol. The summed E-state index contributed by atoms with van der Waals surface area (Å²) in [6.45, 7) is 5.92. The Labute approximate surface area is 208 Å². The average Bonchev–Trinajstić information content (AvgIpc) is 3.41. The Kier molecular flexibility index (Phi) is 7.32. The number of rotatable bonds is 8. The molecule has 2 aromatic carbocycles. The molecule has 4 aromatic rings. The molecule has 35 heavy (non-hydrogen) atoms. The molecule has 0 aliphatic heterocycles. The van der Waals surface area contributed by atoms with E-state index in [1.165, 1.54) is 23.9 Å². The molecule has 2 aromatic heterocycles. The number of hydrogen-bond acceptors (Lipinski definition) is 6. The number of nitrogens with one attached hydrogen (secondary N) is 1. The van der Waals surface area contributed by atoms with E-state index in [0.29, 0.717) is 16.8 Å². The van der Waals surface area contributed by atoms with E-state index in [2.05, 4.69) is 20.6 Å². The molecule has 1 amide bonds. The van der Waals surface area contributed by atoms with Gasteiger partial charge in [0.05, 0.1) is 23.2 Å². The van der Waals surface area contributed by atoms with Crippen molar-refractivity contribution in [2.45, 2.75) is 32.0 Å². The van der Waals surface area contributed by atoms with Crippen LogP contribution in [0.25, 0.3) is 11.4 Å². The zero-order valence-corrected chi connectivity index (χ0v) is 21.2. The van der Waals surface area contributed by atoms with Crippen molar-refractivity contribution < 1.29 is 9.18 Å². The fraction of sp³-hybridized carbons (Fsp3) is 0.280. The van der Waals surface area contributed by atoms with Crippen LogP contribution in [-0.4, -0.2) is 55.2 Å². The lowest BCUT2D eigenvalue weighted by Gasteiger charge is -2.20. The fourth-order valence-electron chi connectivity index (χ4n) is 3.49. The van der Waals surface area contributed by atoms with Crippen LogP contribution in [0, 0.1) is 19.7 Å². The number of amides is 1. The average molecular weight is 494 g/mol. The summed E-state index contributed by atoms with van der Waals surface area (Å²) in [5.74, 6) is 0.905. The summed E-state index contributed by atoms with van der Waals surface area (Å²) in [5, 5.41) is 16.7. The van der Waals surface area contributed by atoms with Crippen molar-refractivity contribution in [2.75, 3.05) is 25.2 Å².